The largest absolute Gasteiger partial charge is 0.416 e. The van der Waals surface area contributed by atoms with Crippen molar-refractivity contribution in [3.63, 3.8) is 0 Å². The maximum atomic E-state index is 12.7. The predicted octanol–water partition coefficient (Wildman–Crippen LogP) is 2.91. The third-order valence-electron chi connectivity index (χ3n) is 5.32. The zero-order valence-corrected chi connectivity index (χ0v) is 17.4. The van der Waals surface area contributed by atoms with Crippen molar-refractivity contribution in [2.75, 3.05) is 13.1 Å². The smallest absolute Gasteiger partial charge is 0.392 e. The van der Waals surface area contributed by atoms with E-state index in [9.17, 15) is 26.4 Å². The predicted molar refractivity (Wildman–Crippen MR) is 107 cm³/mol. The summed E-state index contributed by atoms with van der Waals surface area (Å²) in [6.45, 7) is 0.508. The number of aliphatic hydroxyl groups is 1. The molecule has 10 heteroatoms. The Hall–Kier alpha value is -2.43. The van der Waals surface area contributed by atoms with Crippen molar-refractivity contribution in [2.24, 2.45) is 5.92 Å². The Morgan fingerprint density at radius 1 is 1.00 bits per heavy atom. The number of carbonyl (C=O) groups excluding carboxylic acids is 1. The van der Waals surface area contributed by atoms with Gasteiger partial charge < -0.3 is 10.4 Å². The van der Waals surface area contributed by atoms with Crippen LogP contribution in [0.3, 0.4) is 0 Å². The van der Waals surface area contributed by atoms with E-state index in [-0.39, 0.29) is 36.4 Å². The highest BCUT2D eigenvalue weighted by Crippen LogP contribution is 2.31. The Morgan fingerprint density at radius 2 is 1.55 bits per heavy atom. The molecule has 1 fully saturated rings. The van der Waals surface area contributed by atoms with E-state index in [1.54, 1.807) is 12.1 Å². The first-order valence-corrected chi connectivity index (χ1v) is 11.2. The summed E-state index contributed by atoms with van der Waals surface area (Å²) >= 11 is 0. The Bertz CT molecular complexity index is 998. The van der Waals surface area contributed by atoms with Crippen molar-refractivity contribution < 1.29 is 31.5 Å². The van der Waals surface area contributed by atoms with Gasteiger partial charge in [0.05, 0.1) is 17.1 Å². The standard InChI is InChI=1S/C21H23F3N2O4S/c22-21(23,24)18-5-7-19(8-6-18)31(29,30)26-11-9-17(10-12-26)20(28)25-13-15-1-3-16(14-27)4-2-15/h1-8,17,27H,9-14H2,(H,25,28). The molecule has 0 aliphatic carbocycles. The lowest BCUT2D eigenvalue weighted by Gasteiger charge is -2.30. The number of hydrogen-bond acceptors (Lipinski definition) is 4. The number of hydrogen-bond donors (Lipinski definition) is 2. The van der Waals surface area contributed by atoms with Crippen LogP contribution in [0.25, 0.3) is 0 Å². The molecule has 1 aliphatic rings. The molecule has 1 heterocycles. The van der Waals surface area contributed by atoms with E-state index >= 15 is 0 Å². The van der Waals surface area contributed by atoms with Gasteiger partial charge in [-0.3, -0.25) is 4.79 Å². The lowest BCUT2D eigenvalue weighted by Crippen LogP contribution is -2.42. The summed E-state index contributed by atoms with van der Waals surface area (Å²) in [5.74, 6) is -0.506. The van der Waals surface area contributed by atoms with E-state index in [2.05, 4.69) is 5.32 Å². The number of nitrogens with zero attached hydrogens (tertiary/aromatic N) is 1. The topological polar surface area (TPSA) is 86.7 Å². The first kappa shape index (κ1) is 23.2. The molecule has 0 spiro atoms. The summed E-state index contributed by atoms with van der Waals surface area (Å²) in [7, 11) is -3.92. The van der Waals surface area contributed by atoms with Crippen LogP contribution in [0.4, 0.5) is 13.2 Å². The Labute approximate surface area is 178 Å². The van der Waals surface area contributed by atoms with Crippen LogP contribution in [0, 0.1) is 5.92 Å². The molecular formula is C21H23F3N2O4S. The molecular weight excluding hydrogens is 433 g/mol. The monoisotopic (exact) mass is 456 g/mol. The molecule has 31 heavy (non-hydrogen) atoms. The zero-order valence-electron chi connectivity index (χ0n) is 16.6. The number of piperidine rings is 1. The number of nitrogens with one attached hydrogen (secondary N) is 1. The molecule has 1 aliphatic heterocycles. The fraction of sp³-hybridized carbons (Fsp3) is 0.381. The fourth-order valence-corrected chi connectivity index (χ4v) is 4.89. The SMILES string of the molecule is O=C(NCc1ccc(CO)cc1)C1CCN(S(=O)(=O)c2ccc(C(F)(F)F)cc2)CC1. The second-order valence-electron chi connectivity index (χ2n) is 7.39. The molecule has 168 valence electrons. The molecule has 0 aromatic heterocycles. The van der Waals surface area contributed by atoms with Crippen LogP contribution in [0.1, 0.15) is 29.5 Å². The van der Waals surface area contributed by atoms with Crippen molar-refractivity contribution >= 4 is 15.9 Å². The average Bonchev–Trinajstić information content (AvgIpc) is 2.77. The summed E-state index contributed by atoms with van der Waals surface area (Å²) in [6, 6.07) is 10.6. The third kappa shape index (κ3) is 5.63. The minimum Gasteiger partial charge on any atom is -0.392 e. The van der Waals surface area contributed by atoms with E-state index in [1.165, 1.54) is 4.31 Å². The van der Waals surface area contributed by atoms with Crippen LogP contribution >= 0.6 is 0 Å². The van der Waals surface area contributed by atoms with E-state index in [0.717, 1.165) is 35.4 Å². The van der Waals surface area contributed by atoms with Gasteiger partial charge in [0.25, 0.3) is 0 Å². The van der Waals surface area contributed by atoms with Gasteiger partial charge in [-0.05, 0) is 48.2 Å². The van der Waals surface area contributed by atoms with E-state index < -0.39 is 21.8 Å². The lowest BCUT2D eigenvalue weighted by molar-refractivity contribution is -0.137. The average molecular weight is 456 g/mol. The Morgan fingerprint density at radius 3 is 2.06 bits per heavy atom. The van der Waals surface area contributed by atoms with E-state index in [0.29, 0.717) is 19.4 Å². The number of sulfonamides is 1. The van der Waals surface area contributed by atoms with Crippen LogP contribution in [-0.4, -0.2) is 36.8 Å². The number of amides is 1. The van der Waals surface area contributed by atoms with Gasteiger partial charge in [0.15, 0.2) is 0 Å². The zero-order chi connectivity index (χ0) is 22.6. The van der Waals surface area contributed by atoms with Gasteiger partial charge in [-0.2, -0.15) is 17.5 Å². The molecule has 6 nitrogen and oxygen atoms in total. The van der Waals surface area contributed by atoms with Crippen LogP contribution in [0.5, 0.6) is 0 Å². The molecule has 0 bridgehead atoms. The minimum absolute atomic E-state index is 0.0550. The fourth-order valence-electron chi connectivity index (χ4n) is 3.42. The Balaban J connectivity index is 1.54. The van der Waals surface area contributed by atoms with Crippen molar-refractivity contribution in [3.05, 3.63) is 65.2 Å². The molecule has 0 saturated carbocycles. The molecule has 3 rings (SSSR count). The van der Waals surface area contributed by atoms with Crippen molar-refractivity contribution in [1.82, 2.24) is 9.62 Å². The molecule has 0 unspecified atom stereocenters. The quantitative estimate of drug-likeness (QED) is 0.700. The molecule has 2 aromatic rings. The molecule has 0 radical (unpaired) electrons. The lowest BCUT2D eigenvalue weighted by atomic mass is 9.97. The molecule has 1 saturated heterocycles. The van der Waals surface area contributed by atoms with Crippen LogP contribution in [0.15, 0.2) is 53.4 Å². The maximum Gasteiger partial charge on any atom is 0.416 e. The highest BCUT2D eigenvalue weighted by atomic mass is 32.2. The molecule has 0 atom stereocenters. The highest BCUT2D eigenvalue weighted by Gasteiger charge is 2.34. The first-order valence-electron chi connectivity index (χ1n) is 9.75. The second kappa shape index (κ2) is 9.37. The summed E-state index contributed by atoms with van der Waals surface area (Å²) < 4.78 is 64.7. The normalized spacial score (nSPS) is 16.3. The number of alkyl halides is 3. The van der Waals surface area contributed by atoms with Gasteiger partial charge in [0.2, 0.25) is 15.9 Å². The van der Waals surface area contributed by atoms with Crippen LogP contribution in [-0.2, 0) is 34.1 Å². The number of benzene rings is 2. The van der Waals surface area contributed by atoms with E-state index in [1.807, 2.05) is 12.1 Å². The number of carbonyl (C=O) groups is 1. The molecule has 2 N–H and O–H groups in total. The van der Waals surface area contributed by atoms with Gasteiger partial charge in [0, 0.05) is 25.6 Å². The van der Waals surface area contributed by atoms with Gasteiger partial charge >= 0.3 is 6.18 Å². The van der Waals surface area contributed by atoms with Gasteiger partial charge in [0.1, 0.15) is 0 Å². The third-order valence-corrected chi connectivity index (χ3v) is 7.23. The summed E-state index contributed by atoms with van der Waals surface area (Å²) in [4.78, 5) is 12.2. The Kier molecular flexibility index (Phi) is 7.03. The van der Waals surface area contributed by atoms with Crippen molar-refractivity contribution in [1.29, 1.82) is 0 Å². The summed E-state index contributed by atoms with van der Waals surface area (Å²) in [5.41, 5.74) is 0.748. The highest BCUT2D eigenvalue weighted by molar-refractivity contribution is 7.89. The molecule has 2 aromatic carbocycles. The minimum atomic E-state index is -4.53. The number of aliphatic hydroxyl groups excluding tert-OH is 1. The van der Waals surface area contributed by atoms with Gasteiger partial charge in [-0.1, -0.05) is 24.3 Å². The van der Waals surface area contributed by atoms with Gasteiger partial charge in [-0.15, -0.1) is 0 Å². The van der Waals surface area contributed by atoms with Crippen LogP contribution in [0.2, 0.25) is 0 Å². The van der Waals surface area contributed by atoms with Crippen LogP contribution < -0.4 is 5.32 Å². The number of rotatable bonds is 6. The number of halogens is 3. The maximum absolute atomic E-state index is 12.7. The molecule has 1 amide bonds. The summed E-state index contributed by atoms with van der Waals surface area (Å²) in [5, 5.41) is 11.9. The summed E-state index contributed by atoms with van der Waals surface area (Å²) in [6.07, 6.45) is -3.88. The first-order chi connectivity index (χ1) is 14.6. The van der Waals surface area contributed by atoms with Crippen molar-refractivity contribution in [3.8, 4) is 0 Å². The second-order valence-corrected chi connectivity index (χ2v) is 9.33. The van der Waals surface area contributed by atoms with Crippen molar-refractivity contribution in [2.45, 2.75) is 37.1 Å². The van der Waals surface area contributed by atoms with Gasteiger partial charge in [-0.25, -0.2) is 8.42 Å². The van der Waals surface area contributed by atoms with E-state index in [4.69, 9.17) is 5.11 Å².